The minimum absolute atomic E-state index is 0.0227. The number of nitrogens with one attached hydrogen (secondary N) is 1. The summed E-state index contributed by atoms with van der Waals surface area (Å²) in [6.07, 6.45) is -1.18. The molecule has 4 rings (SSSR count). The lowest BCUT2D eigenvalue weighted by atomic mass is 9.83. The molecule has 1 aromatic carbocycles. The van der Waals surface area contributed by atoms with Crippen molar-refractivity contribution in [3.63, 3.8) is 0 Å². The molecule has 10 heteroatoms. The van der Waals surface area contributed by atoms with Crippen LogP contribution >= 0.6 is 0 Å². The van der Waals surface area contributed by atoms with Crippen molar-refractivity contribution in [2.45, 2.75) is 63.3 Å². The maximum Gasteiger partial charge on any atom is 0.416 e. The van der Waals surface area contributed by atoms with Crippen LogP contribution in [0.15, 0.2) is 24.3 Å². The Balaban J connectivity index is 1.34. The van der Waals surface area contributed by atoms with Crippen LogP contribution in [0.2, 0.25) is 0 Å². The largest absolute Gasteiger partial charge is 0.488 e. The van der Waals surface area contributed by atoms with E-state index >= 15 is 0 Å². The maximum atomic E-state index is 13.1. The van der Waals surface area contributed by atoms with E-state index < -0.39 is 29.4 Å². The number of fused-ring (bicyclic) bond motifs is 1. The summed E-state index contributed by atoms with van der Waals surface area (Å²) in [6.45, 7) is 3.06. The van der Waals surface area contributed by atoms with Crippen LogP contribution in [0.1, 0.15) is 65.5 Å². The third kappa shape index (κ3) is 5.87. The number of ether oxygens (including phenoxy) is 2. The Morgan fingerprint density at radius 1 is 1.22 bits per heavy atom. The van der Waals surface area contributed by atoms with E-state index in [0.29, 0.717) is 18.8 Å². The van der Waals surface area contributed by atoms with Crippen molar-refractivity contribution >= 4 is 5.97 Å². The molecule has 1 saturated heterocycles. The number of esters is 1. The Morgan fingerprint density at radius 3 is 2.64 bits per heavy atom. The highest BCUT2D eigenvalue weighted by atomic mass is 19.4. The van der Waals surface area contributed by atoms with Crippen LogP contribution in [0.3, 0.4) is 0 Å². The van der Waals surface area contributed by atoms with Gasteiger partial charge >= 0.3 is 12.1 Å². The third-order valence-electron chi connectivity index (χ3n) is 7.02. The number of rotatable bonds is 8. The van der Waals surface area contributed by atoms with Gasteiger partial charge < -0.3 is 29.6 Å². The second-order valence-electron chi connectivity index (χ2n) is 9.59. The van der Waals surface area contributed by atoms with Gasteiger partial charge in [-0.2, -0.15) is 13.2 Å². The zero-order chi connectivity index (χ0) is 25.9. The lowest BCUT2D eigenvalue weighted by Gasteiger charge is -2.39. The number of hydrogen-bond acceptors (Lipinski definition) is 6. The number of aromatic nitrogens is 1. The van der Waals surface area contributed by atoms with Gasteiger partial charge in [-0.3, -0.25) is 0 Å². The molecule has 1 unspecified atom stereocenters. The first-order valence-electron chi connectivity index (χ1n) is 12.4. The summed E-state index contributed by atoms with van der Waals surface area (Å²) in [6, 6.07) is 4.84. The first-order chi connectivity index (χ1) is 17.1. The summed E-state index contributed by atoms with van der Waals surface area (Å²) < 4.78 is 50.3. The highest BCUT2D eigenvalue weighted by molar-refractivity contribution is 5.91. The van der Waals surface area contributed by atoms with Crippen molar-refractivity contribution < 1.29 is 37.7 Å². The van der Waals surface area contributed by atoms with Gasteiger partial charge in [0.05, 0.1) is 17.8 Å². The van der Waals surface area contributed by atoms with Crippen molar-refractivity contribution in [1.82, 2.24) is 9.88 Å². The molecule has 1 aliphatic carbocycles. The third-order valence-corrected chi connectivity index (χ3v) is 7.02. The number of aryl methyl sites for hydroxylation is 1. The number of halogens is 3. The van der Waals surface area contributed by atoms with Crippen LogP contribution in [0.5, 0.6) is 5.75 Å². The predicted molar refractivity (Wildman–Crippen MR) is 126 cm³/mol. The number of β-amino-alcohol motifs (C(OH)–C–C–N with tert-alkyl or cyclic N) is 1. The zero-order valence-corrected chi connectivity index (χ0v) is 20.4. The molecule has 2 aliphatic rings. The quantitative estimate of drug-likeness (QED) is 0.468. The number of piperidine rings is 1. The molecule has 1 atom stereocenters. The number of aliphatic hydroxyl groups excluding tert-OH is 1. The van der Waals surface area contributed by atoms with E-state index in [1.54, 1.807) is 6.92 Å². The second kappa shape index (κ2) is 10.8. The molecule has 0 spiro atoms. The molecule has 2 aromatic rings. The minimum Gasteiger partial charge on any atom is -0.488 e. The lowest BCUT2D eigenvalue weighted by Crippen LogP contribution is -2.46. The van der Waals surface area contributed by atoms with Gasteiger partial charge in [-0.05, 0) is 63.1 Å². The van der Waals surface area contributed by atoms with E-state index in [-0.39, 0.29) is 43.9 Å². The fraction of sp³-hybridized carbons (Fsp3) is 0.577. The van der Waals surface area contributed by atoms with Gasteiger partial charge in [0.1, 0.15) is 12.7 Å². The molecule has 0 amide bonds. The van der Waals surface area contributed by atoms with Crippen LogP contribution in [-0.4, -0.2) is 65.0 Å². The lowest BCUT2D eigenvalue weighted by molar-refractivity contribution is -0.137. The molecule has 1 aliphatic heterocycles. The van der Waals surface area contributed by atoms with Gasteiger partial charge in [-0.1, -0.05) is 12.1 Å². The molecule has 0 saturated carbocycles. The average Bonchev–Trinajstić information content (AvgIpc) is 3.23. The number of carbonyl (C=O) groups excluding carboxylic acids is 1. The van der Waals surface area contributed by atoms with E-state index in [2.05, 4.69) is 4.98 Å². The minimum atomic E-state index is -4.47. The van der Waals surface area contributed by atoms with Gasteiger partial charge in [0.2, 0.25) is 0 Å². The van der Waals surface area contributed by atoms with E-state index in [4.69, 9.17) is 9.47 Å². The van der Waals surface area contributed by atoms with Crippen molar-refractivity contribution in [2.24, 2.45) is 0 Å². The van der Waals surface area contributed by atoms with Crippen molar-refractivity contribution in [1.29, 1.82) is 0 Å². The summed E-state index contributed by atoms with van der Waals surface area (Å²) in [7, 11) is 0. The van der Waals surface area contributed by atoms with Crippen LogP contribution in [0.4, 0.5) is 13.2 Å². The van der Waals surface area contributed by atoms with Gasteiger partial charge in [-0.15, -0.1) is 0 Å². The normalized spacial score (nSPS) is 18.9. The van der Waals surface area contributed by atoms with E-state index in [9.17, 15) is 28.2 Å². The molecule has 0 radical (unpaired) electrons. The average molecular weight is 511 g/mol. The van der Waals surface area contributed by atoms with Crippen LogP contribution < -0.4 is 4.74 Å². The van der Waals surface area contributed by atoms with Crippen LogP contribution in [0.25, 0.3) is 0 Å². The Morgan fingerprint density at radius 2 is 1.94 bits per heavy atom. The van der Waals surface area contributed by atoms with Gasteiger partial charge in [-0.25, -0.2) is 4.79 Å². The molecule has 198 valence electrons. The van der Waals surface area contributed by atoms with Crippen molar-refractivity contribution in [3.05, 3.63) is 52.3 Å². The van der Waals surface area contributed by atoms with Gasteiger partial charge in [0.25, 0.3) is 0 Å². The number of likely N-dealkylation sites (tertiary alicyclic amines) is 1. The van der Waals surface area contributed by atoms with Gasteiger partial charge in [0, 0.05) is 30.9 Å². The summed E-state index contributed by atoms with van der Waals surface area (Å²) in [5, 5.41) is 21.7. The molecule has 0 bridgehead atoms. The SMILES string of the molecule is CCOC(=O)c1[nH]c2c(c1OCC(O)CN1CCC(O)(c3cccc(C(F)(F)F)c3)CC1)CCCC2. The summed E-state index contributed by atoms with van der Waals surface area (Å²) in [5.74, 6) is -0.0407. The Bertz CT molecular complexity index is 1060. The number of hydrogen-bond donors (Lipinski definition) is 3. The number of aromatic amines is 1. The number of H-pyrrole nitrogens is 1. The Labute approximate surface area is 208 Å². The predicted octanol–water partition coefficient (Wildman–Crippen LogP) is 3.81. The smallest absolute Gasteiger partial charge is 0.416 e. The van der Waals surface area contributed by atoms with Crippen LogP contribution in [-0.2, 0) is 29.4 Å². The zero-order valence-electron chi connectivity index (χ0n) is 20.4. The summed E-state index contributed by atoms with van der Waals surface area (Å²) >= 11 is 0. The maximum absolute atomic E-state index is 13.1. The standard InChI is InChI=1S/C26H33F3N2O5/c1-2-35-24(33)22-23(20-8-3-4-9-21(20)30-22)36-16-19(32)15-31-12-10-25(34,11-13-31)17-6-5-7-18(14-17)26(27,28)29/h5-7,14,19,30,32,34H,2-4,8-13,15-16H2,1H3. The van der Waals surface area contributed by atoms with E-state index in [0.717, 1.165) is 49.1 Å². The number of alkyl halides is 3. The topological polar surface area (TPSA) is 95.0 Å². The molecular formula is C26H33F3N2O5. The van der Waals surface area contributed by atoms with E-state index in [1.165, 1.54) is 12.1 Å². The molecule has 2 heterocycles. The Kier molecular flexibility index (Phi) is 7.96. The fourth-order valence-electron chi connectivity index (χ4n) is 5.07. The van der Waals surface area contributed by atoms with Crippen LogP contribution in [0, 0.1) is 0 Å². The highest BCUT2D eigenvalue weighted by Gasteiger charge is 2.37. The van der Waals surface area contributed by atoms with E-state index in [1.807, 2.05) is 4.90 Å². The van der Waals surface area contributed by atoms with Crippen molar-refractivity contribution in [3.8, 4) is 5.75 Å². The Hall–Kier alpha value is -2.56. The number of nitrogens with zero attached hydrogens (tertiary/aromatic N) is 1. The number of carbonyl (C=O) groups is 1. The second-order valence-corrected chi connectivity index (χ2v) is 9.59. The van der Waals surface area contributed by atoms with Crippen molar-refractivity contribution in [2.75, 3.05) is 32.8 Å². The number of aliphatic hydroxyl groups is 2. The summed E-state index contributed by atoms with van der Waals surface area (Å²) in [5.41, 5.74) is 0.333. The first kappa shape index (κ1) is 26.5. The molecular weight excluding hydrogens is 477 g/mol. The molecule has 36 heavy (non-hydrogen) atoms. The molecule has 1 aromatic heterocycles. The number of benzene rings is 1. The fourth-order valence-corrected chi connectivity index (χ4v) is 5.07. The molecule has 1 fully saturated rings. The summed E-state index contributed by atoms with van der Waals surface area (Å²) in [4.78, 5) is 17.5. The van der Waals surface area contributed by atoms with Gasteiger partial charge in [0.15, 0.2) is 11.4 Å². The molecule has 3 N–H and O–H groups in total. The molecule has 7 nitrogen and oxygen atoms in total. The first-order valence-corrected chi connectivity index (χ1v) is 12.4. The highest BCUT2D eigenvalue weighted by Crippen LogP contribution is 2.37. The monoisotopic (exact) mass is 510 g/mol.